The summed E-state index contributed by atoms with van der Waals surface area (Å²) in [6, 6.07) is 4.48. The maximum Gasteiger partial charge on any atom is 0.160 e. The largest absolute Gasteiger partial charge is 0.345 e. The first-order chi connectivity index (χ1) is 10.9. The lowest BCUT2D eigenvalue weighted by atomic mass is 9.79. The minimum Gasteiger partial charge on any atom is -0.345 e. The Kier molecular flexibility index (Phi) is 3.11. The molecule has 4 rings (SSSR count). The van der Waals surface area contributed by atoms with Crippen LogP contribution in [0.3, 0.4) is 0 Å². The molecule has 0 unspecified atom stereocenters. The smallest absolute Gasteiger partial charge is 0.160 e. The van der Waals surface area contributed by atoms with Gasteiger partial charge in [-0.2, -0.15) is 15.5 Å². The van der Waals surface area contributed by atoms with Crippen molar-refractivity contribution >= 4 is 11.0 Å². The fourth-order valence-corrected chi connectivity index (χ4v) is 3.16. The number of fused-ring (bicyclic) bond motifs is 1. The first-order valence-corrected chi connectivity index (χ1v) is 7.57. The lowest BCUT2D eigenvalue weighted by molar-refractivity contribution is 0.199. The number of H-pyrrole nitrogens is 1. The lowest BCUT2D eigenvalue weighted by Crippen LogP contribution is -2.25. The van der Waals surface area contributed by atoms with Crippen LogP contribution in [0.4, 0.5) is 0 Å². The molecule has 6 nitrogen and oxygen atoms in total. The van der Waals surface area contributed by atoms with Crippen LogP contribution in [0.15, 0.2) is 30.9 Å². The Morgan fingerprint density at radius 3 is 3.09 bits per heavy atom. The van der Waals surface area contributed by atoms with E-state index in [-0.39, 0.29) is 6.04 Å². The molecule has 22 heavy (non-hydrogen) atoms. The van der Waals surface area contributed by atoms with Crippen molar-refractivity contribution in [3.05, 3.63) is 30.9 Å². The third kappa shape index (κ3) is 2.06. The number of aromatic nitrogens is 5. The molecular weight excluding hydrogens is 276 g/mol. The summed E-state index contributed by atoms with van der Waals surface area (Å²) in [5.41, 5.74) is 2.81. The number of aromatic amines is 1. The molecule has 110 valence electrons. The van der Waals surface area contributed by atoms with E-state index in [0.717, 1.165) is 22.2 Å². The Morgan fingerprint density at radius 2 is 2.32 bits per heavy atom. The molecule has 0 aromatic carbocycles. The first kappa shape index (κ1) is 13.0. The lowest BCUT2D eigenvalue weighted by Gasteiger charge is -2.32. The summed E-state index contributed by atoms with van der Waals surface area (Å²) in [5.74, 6) is 0.579. The van der Waals surface area contributed by atoms with Crippen molar-refractivity contribution in [2.45, 2.75) is 31.7 Å². The van der Waals surface area contributed by atoms with Gasteiger partial charge in [0, 0.05) is 28.9 Å². The van der Waals surface area contributed by atoms with Crippen molar-refractivity contribution in [2.75, 3.05) is 0 Å². The minimum atomic E-state index is 0.184. The highest BCUT2D eigenvalue weighted by molar-refractivity contribution is 5.91. The summed E-state index contributed by atoms with van der Waals surface area (Å²) in [5, 5.41) is 22.8. The van der Waals surface area contributed by atoms with Gasteiger partial charge in [-0.1, -0.05) is 6.42 Å². The normalized spacial score (nSPS) is 16.3. The number of hydrogen-bond donors (Lipinski definition) is 1. The predicted octanol–water partition coefficient (Wildman–Crippen LogP) is 3.08. The number of rotatable bonds is 4. The van der Waals surface area contributed by atoms with Crippen molar-refractivity contribution in [2.24, 2.45) is 5.92 Å². The van der Waals surface area contributed by atoms with E-state index in [4.69, 9.17) is 5.26 Å². The molecule has 1 saturated carbocycles. The van der Waals surface area contributed by atoms with Gasteiger partial charge in [0.1, 0.15) is 0 Å². The van der Waals surface area contributed by atoms with Crippen LogP contribution in [-0.2, 0) is 0 Å². The molecule has 3 aromatic rings. The zero-order valence-corrected chi connectivity index (χ0v) is 12.1. The van der Waals surface area contributed by atoms with Gasteiger partial charge in [-0.15, -0.1) is 5.10 Å². The Bertz CT molecular complexity index is 836. The van der Waals surface area contributed by atoms with Gasteiger partial charge in [-0.25, -0.2) is 0 Å². The van der Waals surface area contributed by atoms with Gasteiger partial charge in [0.2, 0.25) is 0 Å². The highest BCUT2D eigenvalue weighted by Crippen LogP contribution is 2.38. The van der Waals surface area contributed by atoms with E-state index in [1.165, 1.54) is 19.3 Å². The molecule has 0 amide bonds. The highest BCUT2D eigenvalue weighted by Gasteiger charge is 2.29. The van der Waals surface area contributed by atoms with E-state index in [1.807, 2.05) is 29.3 Å². The van der Waals surface area contributed by atoms with Crippen LogP contribution in [0.5, 0.6) is 0 Å². The molecule has 1 aliphatic carbocycles. The molecule has 1 atom stereocenters. The van der Waals surface area contributed by atoms with E-state index in [2.05, 4.69) is 26.3 Å². The summed E-state index contributed by atoms with van der Waals surface area (Å²) >= 11 is 0. The van der Waals surface area contributed by atoms with Crippen LogP contribution in [0, 0.1) is 17.2 Å². The van der Waals surface area contributed by atoms with Gasteiger partial charge >= 0.3 is 0 Å². The monoisotopic (exact) mass is 292 g/mol. The van der Waals surface area contributed by atoms with Crippen molar-refractivity contribution in [1.29, 1.82) is 5.26 Å². The fraction of sp³-hybridized carbons (Fsp3) is 0.375. The van der Waals surface area contributed by atoms with Crippen molar-refractivity contribution in [3.8, 4) is 17.2 Å². The third-order valence-corrected chi connectivity index (χ3v) is 4.61. The third-order valence-electron chi connectivity index (χ3n) is 4.61. The molecule has 0 saturated heterocycles. The van der Waals surface area contributed by atoms with Crippen LogP contribution < -0.4 is 0 Å². The number of nitriles is 1. The summed E-state index contributed by atoms with van der Waals surface area (Å²) in [6.07, 6.45) is 11.7. The molecule has 0 aliphatic heterocycles. The van der Waals surface area contributed by atoms with E-state index in [0.29, 0.717) is 12.3 Å². The Morgan fingerprint density at radius 1 is 1.41 bits per heavy atom. The van der Waals surface area contributed by atoms with Crippen LogP contribution in [0.1, 0.15) is 31.7 Å². The fourth-order valence-electron chi connectivity index (χ4n) is 3.16. The zero-order chi connectivity index (χ0) is 14.9. The van der Waals surface area contributed by atoms with Crippen molar-refractivity contribution in [1.82, 2.24) is 25.0 Å². The maximum atomic E-state index is 9.09. The highest BCUT2D eigenvalue weighted by atomic mass is 15.3. The van der Waals surface area contributed by atoms with Crippen LogP contribution >= 0.6 is 0 Å². The Labute approximate surface area is 127 Å². The SMILES string of the molecule is N#CC[C@H](C1CCC1)n1cc(-c2cnnc3[nH]ccc23)cn1. The molecule has 3 aromatic heterocycles. The van der Waals surface area contributed by atoms with Gasteiger partial charge in [0.15, 0.2) is 5.65 Å². The van der Waals surface area contributed by atoms with Crippen molar-refractivity contribution in [3.63, 3.8) is 0 Å². The molecule has 1 aliphatic rings. The molecule has 0 spiro atoms. The van der Waals surface area contributed by atoms with Crippen LogP contribution in [0.25, 0.3) is 22.2 Å². The molecule has 0 radical (unpaired) electrons. The van der Waals surface area contributed by atoms with Gasteiger partial charge in [0.25, 0.3) is 0 Å². The number of hydrogen-bond acceptors (Lipinski definition) is 4. The van der Waals surface area contributed by atoms with E-state index in [9.17, 15) is 0 Å². The summed E-state index contributed by atoms with van der Waals surface area (Å²) in [4.78, 5) is 3.07. The predicted molar refractivity (Wildman–Crippen MR) is 81.7 cm³/mol. The van der Waals surface area contributed by atoms with Crippen LogP contribution in [0.2, 0.25) is 0 Å². The number of nitrogens with one attached hydrogen (secondary N) is 1. The molecular formula is C16H16N6. The first-order valence-electron chi connectivity index (χ1n) is 7.57. The second-order valence-electron chi connectivity index (χ2n) is 5.83. The van der Waals surface area contributed by atoms with Gasteiger partial charge < -0.3 is 4.98 Å². The second-order valence-corrected chi connectivity index (χ2v) is 5.83. The molecule has 3 heterocycles. The minimum absolute atomic E-state index is 0.184. The van der Waals surface area contributed by atoms with Gasteiger partial charge in [0.05, 0.1) is 30.9 Å². The van der Waals surface area contributed by atoms with E-state index >= 15 is 0 Å². The van der Waals surface area contributed by atoms with Gasteiger partial charge in [-0.05, 0) is 24.8 Å². The quantitative estimate of drug-likeness (QED) is 0.801. The van der Waals surface area contributed by atoms with E-state index < -0.39 is 0 Å². The number of nitrogens with zero attached hydrogens (tertiary/aromatic N) is 5. The molecule has 0 bridgehead atoms. The summed E-state index contributed by atoms with van der Waals surface area (Å²) in [7, 11) is 0. The maximum absolute atomic E-state index is 9.09. The van der Waals surface area contributed by atoms with Crippen molar-refractivity contribution < 1.29 is 0 Å². The average molecular weight is 292 g/mol. The standard InChI is InChI=1S/C16H16N6/c17-6-4-15(11-2-1-3-11)22-10-12(8-20-22)14-9-19-21-16-13(14)5-7-18-16/h5,7-11,15H,1-4H2,(H,18,21)/t15-/m1/s1. The summed E-state index contributed by atoms with van der Waals surface area (Å²) in [6.45, 7) is 0. The zero-order valence-electron chi connectivity index (χ0n) is 12.1. The second kappa shape index (κ2) is 5.26. The molecule has 1 fully saturated rings. The molecule has 1 N–H and O–H groups in total. The topological polar surface area (TPSA) is 83.2 Å². The summed E-state index contributed by atoms with van der Waals surface area (Å²) < 4.78 is 1.96. The Hall–Kier alpha value is -2.68. The van der Waals surface area contributed by atoms with E-state index in [1.54, 1.807) is 6.20 Å². The molecule has 6 heteroatoms. The van der Waals surface area contributed by atoms with Crippen LogP contribution in [-0.4, -0.2) is 25.0 Å². The average Bonchev–Trinajstić information content (AvgIpc) is 3.13. The Balaban J connectivity index is 1.71. The van der Waals surface area contributed by atoms with Gasteiger partial charge in [-0.3, -0.25) is 4.68 Å².